The molecule has 0 aliphatic rings. The maximum Gasteiger partial charge on any atom is 0.273 e. The molecule has 5 aromatic rings. The first-order valence-electron chi connectivity index (χ1n) is 9.20. The van der Waals surface area contributed by atoms with E-state index >= 15 is 0 Å². The van der Waals surface area contributed by atoms with Crippen molar-refractivity contribution in [1.82, 2.24) is 24.7 Å². The zero-order valence-electron chi connectivity index (χ0n) is 15.9. The topological polar surface area (TPSA) is 60.9 Å². The number of aromatic nitrogens is 5. The highest BCUT2D eigenvalue weighted by atomic mass is 35.5. The average molecular weight is 401 g/mol. The fraction of sp³-hybridized carbons (Fsp3) is 0.0909. The molecule has 0 atom stereocenters. The van der Waals surface area contributed by atoms with E-state index in [0.717, 1.165) is 43.5 Å². The summed E-state index contributed by atoms with van der Waals surface area (Å²) in [6, 6.07) is 18.2. The summed E-state index contributed by atoms with van der Waals surface area (Å²) in [5, 5.41) is 22.2. The SMILES string of the molecule is Cc1cc(C)n(-c2nncn2/N=C\c2c3ccccc3c(Cl)c3ccccc23)n1. The Morgan fingerprint density at radius 2 is 1.55 bits per heavy atom. The molecule has 6 nitrogen and oxygen atoms in total. The van der Waals surface area contributed by atoms with E-state index in [1.807, 2.05) is 62.5 Å². The van der Waals surface area contributed by atoms with Gasteiger partial charge in [-0.05, 0) is 30.7 Å². The molecule has 29 heavy (non-hydrogen) atoms. The van der Waals surface area contributed by atoms with Gasteiger partial charge in [0.2, 0.25) is 0 Å². The highest BCUT2D eigenvalue weighted by molar-refractivity contribution is 6.42. The van der Waals surface area contributed by atoms with Gasteiger partial charge in [0.25, 0.3) is 5.95 Å². The van der Waals surface area contributed by atoms with E-state index in [-0.39, 0.29) is 0 Å². The first kappa shape index (κ1) is 17.6. The van der Waals surface area contributed by atoms with Gasteiger partial charge < -0.3 is 0 Å². The second-order valence-corrected chi connectivity index (χ2v) is 7.26. The number of rotatable bonds is 3. The van der Waals surface area contributed by atoms with Crippen molar-refractivity contribution in [3.63, 3.8) is 0 Å². The molecule has 0 aliphatic heterocycles. The quantitative estimate of drug-likeness (QED) is 0.319. The molecular formula is C22H17ClN6. The van der Waals surface area contributed by atoms with E-state index in [2.05, 4.69) is 32.5 Å². The van der Waals surface area contributed by atoms with Gasteiger partial charge in [0.05, 0.1) is 16.9 Å². The highest BCUT2D eigenvalue weighted by Gasteiger charge is 2.13. The minimum atomic E-state index is 0.537. The van der Waals surface area contributed by atoms with Crippen LogP contribution >= 0.6 is 11.6 Å². The fourth-order valence-electron chi connectivity index (χ4n) is 3.64. The molecule has 0 N–H and O–H groups in total. The Morgan fingerprint density at radius 3 is 2.14 bits per heavy atom. The van der Waals surface area contributed by atoms with Gasteiger partial charge in [-0.15, -0.1) is 10.2 Å². The lowest BCUT2D eigenvalue weighted by Gasteiger charge is -2.10. The Hall–Kier alpha value is -3.51. The number of nitrogens with zero attached hydrogens (tertiary/aromatic N) is 6. The van der Waals surface area contributed by atoms with E-state index in [0.29, 0.717) is 5.95 Å². The molecule has 0 saturated heterocycles. The highest BCUT2D eigenvalue weighted by Crippen LogP contribution is 2.35. The first-order valence-corrected chi connectivity index (χ1v) is 9.58. The zero-order valence-corrected chi connectivity index (χ0v) is 16.7. The summed E-state index contributed by atoms with van der Waals surface area (Å²) in [6.45, 7) is 3.92. The van der Waals surface area contributed by atoms with Crippen molar-refractivity contribution in [3.05, 3.63) is 82.9 Å². The van der Waals surface area contributed by atoms with Crippen LogP contribution in [0.2, 0.25) is 5.02 Å². The molecule has 0 radical (unpaired) electrons. The smallest absolute Gasteiger partial charge is 0.202 e. The van der Waals surface area contributed by atoms with Crippen LogP contribution in [0.25, 0.3) is 27.5 Å². The predicted octanol–water partition coefficient (Wildman–Crippen LogP) is 4.92. The summed E-state index contributed by atoms with van der Waals surface area (Å²) in [7, 11) is 0. The minimum absolute atomic E-state index is 0.537. The van der Waals surface area contributed by atoms with Crippen molar-refractivity contribution < 1.29 is 0 Å². The Morgan fingerprint density at radius 1 is 0.931 bits per heavy atom. The molecule has 2 heterocycles. The number of hydrogen-bond donors (Lipinski definition) is 0. The van der Waals surface area contributed by atoms with Crippen LogP contribution in [0.4, 0.5) is 0 Å². The van der Waals surface area contributed by atoms with Crippen molar-refractivity contribution >= 4 is 39.4 Å². The van der Waals surface area contributed by atoms with Gasteiger partial charge in [0, 0.05) is 22.0 Å². The lowest BCUT2D eigenvalue weighted by Crippen LogP contribution is -2.06. The summed E-state index contributed by atoms with van der Waals surface area (Å²) in [4.78, 5) is 0. The summed E-state index contributed by atoms with van der Waals surface area (Å²) in [6.07, 6.45) is 3.40. The Bertz CT molecular complexity index is 1340. The predicted molar refractivity (Wildman–Crippen MR) is 116 cm³/mol. The Balaban J connectivity index is 1.71. The largest absolute Gasteiger partial charge is 0.273 e. The van der Waals surface area contributed by atoms with Crippen LogP contribution in [-0.4, -0.2) is 30.9 Å². The second-order valence-electron chi connectivity index (χ2n) is 6.88. The molecule has 142 valence electrons. The van der Waals surface area contributed by atoms with Crippen molar-refractivity contribution in [2.45, 2.75) is 13.8 Å². The lowest BCUT2D eigenvalue weighted by atomic mass is 9.97. The van der Waals surface area contributed by atoms with Gasteiger partial charge in [-0.25, -0.2) is 4.68 Å². The van der Waals surface area contributed by atoms with Crippen LogP contribution in [0.1, 0.15) is 17.0 Å². The maximum absolute atomic E-state index is 6.69. The van der Waals surface area contributed by atoms with Crippen molar-refractivity contribution in [2.24, 2.45) is 5.10 Å². The van der Waals surface area contributed by atoms with E-state index in [4.69, 9.17) is 11.6 Å². The van der Waals surface area contributed by atoms with Crippen LogP contribution < -0.4 is 0 Å². The van der Waals surface area contributed by atoms with Gasteiger partial charge >= 0.3 is 0 Å². The van der Waals surface area contributed by atoms with Gasteiger partial charge in [-0.1, -0.05) is 60.1 Å². The van der Waals surface area contributed by atoms with Crippen LogP contribution in [-0.2, 0) is 0 Å². The molecule has 7 heteroatoms. The fourth-order valence-corrected chi connectivity index (χ4v) is 3.97. The normalized spacial score (nSPS) is 11.8. The molecule has 0 spiro atoms. The monoisotopic (exact) mass is 400 g/mol. The van der Waals surface area contributed by atoms with Gasteiger partial charge in [0.1, 0.15) is 6.33 Å². The molecule has 0 unspecified atom stereocenters. The summed E-state index contributed by atoms with van der Waals surface area (Å²) in [5.74, 6) is 0.537. The number of halogens is 1. The summed E-state index contributed by atoms with van der Waals surface area (Å²) >= 11 is 6.69. The summed E-state index contributed by atoms with van der Waals surface area (Å²) in [5.41, 5.74) is 2.87. The molecule has 2 aromatic heterocycles. The molecule has 0 saturated carbocycles. The molecule has 0 fully saturated rings. The third-order valence-corrected chi connectivity index (χ3v) is 5.34. The lowest BCUT2D eigenvalue weighted by molar-refractivity contribution is 0.717. The van der Waals surface area contributed by atoms with E-state index in [1.165, 1.54) is 0 Å². The van der Waals surface area contributed by atoms with Crippen LogP contribution in [0, 0.1) is 13.8 Å². The van der Waals surface area contributed by atoms with Crippen molar-refractivity contribution in [1.29, 1.82) is 0 Å². The van der Waals surface area contributed by atoms with E-state index in [9.17, 15) is 0 Å². The maximum atomic E-state index is 6.69. The van der Waals surface area contributed by atoms with Gasteiger partial charge in [-0.3, -0.25) is 0 Å². The standard InChI is InChI=1S/C22H17ClN6/c1-14-11-15(2)29(27-14)22-26-24-13-28(22)25-12-20-16-7-3-5-9-18(16)21(23)19-10-6-4-8-17(19)20/h3-13H,1-2H3/b25-12-. The third kappa shape index (κ3) is 2.89. The molecule has 5 rings (SSSR count). The van der Waals surface area contributed by atoms with Gasteiger partial charge in [0.15, 0.2) is 0 Å². The van der Waals surface area contributed by atoms with Crippen LogP contribution in [0.15, 0.2) is 66.0 Å². The zero-order chi connectivity index (χ0) is 20.0. The summed E-state index contributed by atoms with van der Waals surface area (Å²) < 4.78 is 3.36. The molecule has 0 aliphatic carbocycles. The first-order chi connectivity index (χ1) is 14.1. The number of hydrogen-bond acceptors (Lipinski definition) is 4. The van der Waals surface area contributed by atoms with Crippen LogP contribution in [0.5, 0.6) is 0 Å². The molecule has 0 amide bonds. The van der Waals surface area contributed by atoms with E-state index < -0.39 is 0 Å². The number of aryl methyl sites for hydroxylation is 2. The Labute approximate surface area is 172 Å². The Kier molecular flexibility index (Phi) is 4.14. The van der Waals surface area contributed by atoms with E-state index in [1.54, 1.807) is 15.7 Å². The minimum Gasteiger partial charge on any atom is -0.202 e. The van der Waals surface area contributed by atoms with Crippen LogP contribution in [0.3, 0.4) is 0 Å². The molecular weight excluding hydrogens is 384 g/mol. The third-order valence-electron chi connectivity index (χ3n) is 4.93. The number of benzene rings is 3. The average Bonchev–Trinajstić information content (AvgIpc) is 3.33. The molecule has 3 aromatic carbocycles. The van der Waals surface area contributed by atoms with Gasteiger partial charge in [-0.2, -0.15) is 14.9 Å². The molecule has 0 bridgehead atoms. The van der Waals surface area contributed by atoms with Crippen molar-refractivity contribution in [2.75, 3.05) is 0 Å². The van der Waals surface area contributed by atoms with Crippen molar-refractivity contribution in [3.8, 4) is 5.95 Å². The number of fused-ring (bicyclic) bond motifs is 2. The second kappa shape index (κ2) is 6.83.